The molecule has 0 aliphatic carbocycles. The fourth-order valence-corrected chi connectivity index (χ4v) is 5.79. The molecule has 2 aliphatic rings. The Bertz CT molecular complexity index is 1070. The predicted molar refractivity (Wildman–Crippen MR) is 118 cm³/mol. The van der Waals surface area contributed by atoms with Crippen LogP contribution in [0.4, 0.5) is 0 Å². The summed E-state index contributed by atoms with van der Waals surface area (Å²) in [6, 6.07) is 15.0. The molecular weight excluding hydrogens is 430 g/mol. The van der Waals surface area contributed by atoms with Gasteiger partial charge in [0.15, 0.2) is 0 Å². The van der Waals surface area contributed by atoms with E-state index in [0.717, 1.165) is 6.42 Å². The number of carbonyl (C=O) groups excluding carboxylic acids is 2. The van der Waals surface area contributed by atoms with Gasteiger partial charge in [-0.25, -0.2) is 8.42 Å². The van der Waals surface area contributed by atoms with Crippen molar-refractivity contribution in [3.8, 4) is 0 Å². The number of hydrogen-bond donors (Lipinski definition) is 1. The number of nitrogens with zero attached hydrogens (tertiary/aromatic N) is 2. The van der Waals surface area contributed by atoms with E-state index in [1.807, 2.05) is 6.07 Å². The second-order valence-electron chi connectivity index (χ2n) is 7.86. The first-order chi connectivity index (χ1) is 15.5. The van der Waals surface area contributed by atoms with Crippen LogP contribution in [-0.4, -0.2) is 68.3 Å². The van der Waals surface area contributed by atoms with E-state index in [0.29, 0.717) is 50.4 Å². The Morgan fingerprint density at radius 2 is 1.66 bits per heavy atom. The molecular formula is C23H27N3O5S. The van der Waals surface area contributed by atoms with Crippen LogP contribution in [-0.2, 0) is 26.1 Å². The molecule has 2 fully saturated rings. The van der Waals surface area contributed by atoms with Gasteiger partial charge in [0.1, 0.15) is 6.04 Å². The zero-order valence-corrected chi connectivity index (χ0v) is 18.6. The van der Waals surface area contributed by atoms with Crippen molar-refractivity contribution in [2.45, 2.75) is 30.3 Å². The first kappa shape index (κ1) is 22.4. The van der Waals surface area contributed by atoms with Crippen molar-refractivity contribution in [1.29, 1.82) is 0 Å². The molecule has 1 atom stereocenters. The minimum atomic E-state index is -3.68. The summed E-state index contributed by atoms with van der Waals surface area (Å²) in [5, 5.41) is 2.85. The van der Waals surface area contributed by atoms with Gasteiger partial charge >= 0.3 is 0 Å². The van der Waals surface area contributed by atoms with Gasteiger partial charge in [-0.15, -0.1) is 0 Å². The molecule has 8 nitrogen and oxygen atoms in total. The van der Waals surface area contributed by atoms with Crippen molar-refractivity contribution < 1.29 is 22.7 Å². The van der Waals surface area contributed by atoms with Crippen molar-refractivity contribution in [1.82, 2.24) is 14.5 Å². The molecule has 0 spiro atoms. The smallest absolute Gasteiger partial charge is 0.254 e. The normalized spacial score (nSPS) is 19.6. The van der Waals surface area contributed by atoms with Gasteiger partial charge in [0.05, 0.1) is 18.1 Å². The van der Waals surface area contributed by atoms with Crippen LogP contribution >= 0.6 is 0 Å². The molecule has 2 aromatic rings. The number of likely N-dealkylation sites (tertiary alicyclic amines) is 1. The molecule has 2 amide bonds. The van der Waals surface area contributed by atoms with Crippen LogP contribution in [0.2, 0.25) is 0 Å². The van der Waals surface area contributed by atoms with Gasteiger partial charge in [0.2, 0.25) is 15.9 Å². The van der Waals surface area contributed by atoms with Crippen LogP contribution < -0.4 is 5.32 Å². The van der Waals surface area contributed by atoms with Crippen LogP contribution in [0.3, 0.4) is 0 Å². The minimum absolute atomic E-state index is 0.0719. The molecule has 4 rings (SSSR count). The molecule has 2 aromatic carbocycles. The molecule has 0 unspecified atom stereocenters. The first-order valence-corrected chi connectivity index (χ1v) is 12.2. The number of amides is 2. The third-order valence-corrected chi connectivity index (χ3v) is 7.85. The molecule has 170 valence electrons. The van der Waals surface area contributed by atoms with Crippen LogP contribution in [0.5, 0.6) is 0 Å². The summed E-state index contributed by atoms with van der Waals surface area (Å²) >= 11 is 0. The largest absolute Gasteiger partial charge is 0.379 e. The Balaban J connectivity index is 1.46. The molecule has 2 aliphatic heterocycles. The van der Waals surface area contributed by atoms with Crippen molar-refractivity contribution in [3.05, 3.63) is 65.7 Å². The molecule has 0 aromatic heterocycles. The third kappa shape index (κ3) is 4.69. The number of nitrogens with one attached hydrogen (secondary N) is 1. The topological polar surface area (TPSA) is 96.0 Å². The zero-order valence-electron chi connectivity index (χ0n) is 17.8. The molecule has 2 saturated heterocycles. The maximum atomic E-state index is 13.1. The van der Waals surface area contributed by atoms with Gasteiger partial charge in [0.25, 0.3) is 5.91 Å². The quantitative estimate of drug-likeness (QED) is 0.711. The SMILES string of the molecule is O=C(NCc1ccccc1S(=O)(=O)N1CCOCC1)[C@@H]1CCCN1C(=O)c1ccccc1. The molecule has 0 radical (unpaired) electrons. The molecule has 2 heterocycles. The fourth-order valence-electron chi connectivity index (χ4n) is 4.16. The Kier molecular flexibility index (Phi) is 6.88. The lowest BCUT2D eigenvalue weighted by Gasteiger charge is -2.27. The summed E-state index contributed by atoms with van der Waals surface area (Å²) in [6.07, 6.45) is 1.33. The lowest BCUT2D eigenvalue weighted by Crippen LogP contribution is -2.46. The number of rotatable bonds is 6. The standard InChI is InChI=1S/C23H27N3O5S/c27-22(20-10-6-12-26(20)23(28)18-7-2-1-3-8-18)24-17-19-9-4-5-11-21(19)32(29,30)25-13-15-31-16-14-25/h1-5,7-9,11,20H,6,10,12-17H2,(H,24,27)/t20-/m0/s1. The van der Waals surface area contributed by atoms with E-state index >= 15 is 0 Å². The summed E-state index contributed by atoms with van der Waals surface area (Å²) in [5.74, 6) is -0.441. The number of sulfonamides is 1. The number of hydrogen-bond acceptors (Lipinski definition) is 5. The highest BCUT2D eigenvalue weighted by Crippen LogP contribution is 2.23. The van der Waals surface area contributed by atoms with E-state index in [-0.39, 0.29) is 23.3 Å². The van der Waals surface area contributed by atoms with Crippen LogP contribution in [0.15, 0.2) is 59.5 Å². The highest BCUT2D eigenvalue weighted by molar-refractivity contribution is 7.89. The number of ether oxygens (including phenoxy) is 1. The first-order valence-electron chi connectivity index (χ1n) is 10.8. The van der Waals surface area contributed by atoms with Crippen molar-refractivity contribution in [3.63, 3.8) is 0 Å². The molecule has 32 heavy (non-hydrogen) atoms. The Morgan fingerprint density at radius 3 is 2.41 bits per heavy atom. The average Bonchev–Trinajstić information content (AvgIpc) is 3.33. The van der Waals surface area contributed by atoms with Crippen molar-refractivity contribution >= 4 is 21.8 Å². The molecule has 1 N–H and O–H groups in total. The molecule has 0 saturated carbocycles. The van der Waals surface area contributed by atoms with Gasteiger partial charge in [-0.2, -0.15) is 4.31 Å². The van der Waals surface area contributed by atoms with Gasteiger partial charge in [-0.05, 0) is 36.6 Å². The van der Waals surface area contributed by atoms with Crippen LogP contribution in [0.1, 0.15) is 28.8 Å². The van der Waals surface area contributed by atoms with Gasteiger partial charge < -0.3 is 15.0 Å². The number of carbonyl (C=O) groups is 2. The number of morpholine rings is 1. The van der Waals surface area contributed by atoms with Crippen molar-refractivity contribution in [2.75, 3.05) is 32.8 Å². The van der Waals surface area contributed by atoms with Crippen LogP contribution in [0.25, 0.3) is 0 Å². The van der Waals surface area contributed by atoms with Gasteiger partial charge in [0, 0.05) is 31.7 Å². The molecule has 0 bridgehead atoms. The Morgan fingerprint density at radius 1 is 0.969 bits per heavy atom. The summed E-state index contributed by atoms with van der Waals surface area (Å²) in [4.78, 5) is 27.6. The van der Waals surface area contributed by atoms with E-state index in [1.165, 1.54) is 4.31 Å². The summed E-state index contributed by atoms with van der Waals surface area (Å²) in [5.41, 5.74) is 1.07. The number of benzene rings is 2. The average molecular weight is 458 g/mol. The second kappa shape index (κ2) is 9.81. The van der Waals surface area contributed by atoms with Gasteiger partial charge in [-0.3, -0.25) is 9.59 Å². The van der Waals surface area contributed by atoms with E-state index in [2.05, 4.69) is 5.32 Å². The van der Waals surface area contributed by atoms with E-state index in [4.69, 9.17) is 4.74 Å². The van der Waals surface area contributed by atoms with E-state index in [1.54, 1.807) is 53.4 Å². The maximum absolute atomic E-state index is 13.1. The maximum Gasteiger partial charge on any atom is 0.254 e. The molecule has 9 heteroatoms. The second-order valence-corrected chi connectivity index (χ2v) is 9.77. The van der Waals surface area contributed by atoms with E-state index < -0.39 is 16.1 Å². The predicted octanol–water partition coefficient (Wildman–Crippen LogP) is 1.63. The monoisotopic (exact) mass is 457 g/mol. The third-order valence-electron chi connectivity index (χ3n) is 5.85. The summed E-state index contributed by atoms with van der Waals surface area (Å²) in [7, 11) is -3.68. The lowest BCUT2D eigenvalue weighted by atomic mass is 10.1. The van der Waals surface area contributed by atoms with Gasteiger partial charge in [-0.1, -0.05) is 36.4 Å². The Labute approximate surface area is 188 Å². The highest BCUT2D eigenvalue weighted by atomic mass is 32.2. The zero-order chi connectivity index (χ0) is 22.6. The lowest BCUT2D eigenvalue weighted by molar-refractivity contribution is -0.125. The van der Waals surface area contributed by atoms with E-state index in [9.17, 15) is 18.0 Å². The minimum Gasteiger partial charge on any atom is -0.379 e. The highest BCUT2D eigenvalue weighted by Gasteiger charge is 2.35. The Hall–Kier alpha value is -2.75. The summed E-state index contributed by atoms with van der Waals surface area (Å²) in [6.45, 7) is 1.94. The summed E-state index contributed by atoms with van der Waals surface area (Å²) < 4.78 is 32.9. The fraction of sp³-hybridized carbons (Fsp3) is 0.391. The van der Waals surface area contributed by atoms with Crippen LogP contribution in [0, 0.1) is 0 Å². The van der Waals surface area contributed by atoms with Crippen molar-refractivity contribution in [2.24, 2.45) is 0 Å².